The second-order valence-electron chi connectivity index (χ2n) is 5.68. The minimum atomic E-state index is -0.174. The zero-order valence-electron chi connectivity index (χ0n) is 10.4. The van der Waals surface area contributed by atoms with Gasteiger partial charge in [0.1, 0.15) is 0 Å². The van der Waals surface area contributed by atoms with Crippen molar-refractivity contribution in [3.05, 3.63) is 28.8 Å². The highest BCUT2D eigenvalue weighted by Gasteiger charge is 2.64. The van der Waals surface area contributed by atoms with E-state index >= 15 is 0 Å². The number of carbonyl (C=O) groups excluding carboxylic acids is 1. The molecule has 0 spiro atoms. The zero-order chi connectivity index (χ0) is 12.9. The molecule has 0 heterocycles. The van der Waals surface area contributed by atoms with E-state index in [-0.39, 0.29) is 17.4 Å². The summed E-state index contributed by atoms with van der Waals surface area (Å²) < 4.78 is 0. The molecule has 96 valence electrons. The van der Waals surface area contributed by atoms with Crippen LogP contribution < -0.4 is 11.1 Å². The van der Waals surface area contributed by atoms with Gasteiger partial charge >= 0.3 is 0 Å². The third kappa shape index (κ3) is 1.82. The predicted molar refractivity (Wildman–Crippen MR) is 72.6 cm³/mol. The number of carbonyl (C=O) groups is 1. The van der Waals surface area contributed by atoms with Crippen molar-refractivity contribution < 1.29 is 4.79 Å². The van der Waals surface area contributed by atoms with Gasteiger partial charge in [-0.1, -0.05) is 11.6 Å². The second kappa shape index (κ2) is 3.97. The van der Waals surface area contributed by atoms with E-state index in [1.165, 1.54) is 0 Å². The minimum Gasteiger partial charge on any atom is -0.328 e. The fraction of sp³-hybridized carbons (Fsp3) is 0.500. The van der Waals surface area contributed by atoms with Crippen LogP contribution in [0.4, 0.5) is 5.69 Å². The van der Waals surface area contributed by atoms with Crippen LogP contribution in [0.5, 0.6) is 0 Å². The molecule has 0 bridgehead atoms. The molecule has 0 saturated heterocycles. The molecule has 3 nitrogen and oxygen atoms in total. The molecule has 2 aliphatic carbocycles. The highest BCUT2D eigenvalue weighted by Crippen LogP contribution is 2.63. The van der Waals surface area contributed by atoms with Crippen LogP contribution in [0.1, 0.15) is 24.8 Å². The van der Waals surface area contributed by atoms with Crippen molar-refractivity contribution >= 4 is 23.2 Å². The summed E-state index contributed by atoms with van der Waals surface area (Å²) in [5, 5.41) is 3.72. The number of nitrogens with two attached hydrogens (primary N) is 1. The lowest BCUT2D eigenvalue weighted by molar-refractivity contribution is -0.121. The first-order valence-electron chi connectivity index (χ1n) is 6.34. The molecule has 2 saturated carbocycles. The maximum absolute atomic E-state index is 12.3. The van der Waals surface area contributed by atoms with Gasteiger partial charge in [0.05, 0.1) is 5.41 Å². The van der Waals surface area contributed by atoms with Crippen LogP contribution in [0, 0.1) is 18.3 Å². The first-order chi connectivity index (χ1) is 8.51. The third-order valence-corrected chi connectivity index (χ3v) is 4.74. The summed E-state index contributed by atoms with van der Waals surface area (Å²) in [6.45, 7) is 1.93. The Kier molecular flexibility index (Phi) is 2.65. The number of hydrogen-bond donors (Lipinski definition) is 2. The summed E-state index contributed by atoms with van der Waals surface area (Å²) in [4.78, 5) is 12.3. The normalized spacial score (nSPS) is 33.1. The fourth-order valence-electron chi connectivity index (χ4n) is 3.21. The van der Waals surface area contributed by atoms with E-state index in [9.17, 15) is 4.79 Å². The molecule has 1 aromatic rings. The Morgan fingerprint density at radius 2 is 2.28 bits per heavy atom. The smallest absolute Gasteiger partial charge is 0.230 e. The molecular weight excluding hydrogens is 248 g/mol. The molecule has 4 heteroatoms. The van der Waals surface area contributed by atoms with E-state index in [0.29, 0.717) is 5.92 Å². The highest BCUT2D eigenvalue weighted by atomic mass is 35.5. The van der Waals surface area contributed by atoms with E-state index in [1.807, 2.05) is 25.1 Å². The molecule has 2 aliphatic rings. The average molecular weight is 265 g/mol. The predicted octanol–water partition coefficient (Wildman–Crippen LogP) is 2.71. The Bertz CT molecular complexity index is 517. The van der Waals surface area contributed by atoms with Crippen molar-refractivity contribution in [1.29, 1.82) is 0 Å². The first kappa shape index (κ1) is 12.0. The molecule has 3 atom stereocenters. The number of benzene rings is 1. The van der Waals surface area contributed by atoms with Crippen LogP contribution in [0.15, 0.2) is 18.2 Å². The summed E-state index contributed by atoms with van der Waals surface area (Å²) >= 11 is 5.97. The summed E-state index contributed by atoms with van der Waals surface area (Å²) in [7, 11) is 0. The van der Waals surface area contributed by atoms with Crippen LogP contribution in [-0.4, -0.2) is 11.9 Å². The van der Waals surface area contributed by atoms with Crippen LogP contribution in [0.25, 0.3) is 0 Å². The molecule has 3 N–H and O–H groups in total. The molecule has 0 aliphatic heterocycles. The monoisotopic (exact) mass is 264 g/mol. The summed E-state index contributed by atoms with van der Waals surface area (Å²) in [5.74, 6) is 0.628. The Labute approximate surface area is 112 Å². The number of fused-ring (bicyclic) bond motifs is 1. The van der Waals surface area contributed by atoms with Crippen LogP contribution in [-0.2, 0) is 4.79 Å². The maximum Gasteiger partial charge on any atom is 0.230 e. The number of rotatable bonds is 2. The topological polar surface area (TPSA) is 55.1 Å². The Hall–Kier alpha value is -1.06. The van der Waals surface area contributed by atoms with Crippen LogP contribution in [0.3, 0.4) is 0 Å². The molecular formula is C14H17ClN2O. The van der Waals surface area contributed by atoms with E-state index < -0.39 is 0 Å². The van der Waals surface area contributed by atoms with Crippen LogP contribution in [0.2, 0.25) is 5.02 Å². The Balaban J connectivity index is 1.74. The van der Waals surface area contributed by atoms with E-state index in [2.05, 4.69) is 5.32 Å². The highest BCUT2D eigenvalue weighted by molar-refractivity contribution is 6.31. The number of hydrogen-bond acceptors (Lipinski definition) is 2. The summed E-state index contributed by atoms with van der Waals surface area (Å²) in [6.07, 6.45) is 2.82. The largest absolute Gasteiger partial charge is 0.328 e. The van der Waals surface area contributed by atoms with Crippen molar-refractivity contribution in [2.24, 2.45) is 17.1 Å². The lowest BCUT2D eigenvalue weighted by atomic mass is 10.0. The van der Waals surface area contributed by atoms with Gasteiger partial charge in [0.15, 0.2) is 0 Å². The summed E-state index contributed by atoms with van der Waals surface area (Å²) in [5.41, 5.74) is 7.54. The molecule has 0 radical (unpaired) electrons. The second-order valence-corrected chi connectivity index (χ2v) is 6.08. The van der Waals surface area contributed by atoms with Gasteiger partial charge in [0, 0.05) is 16.8 Å². The first-order valence-corrected chi connectivity index (χ1v) is 6.72. The molecule has 0 aromatic heterocycles. The fourth-order valence-corrected chi connectivity index (χ4v) is 3.32. The molecule has 0 unspecified atom stereocenters. The van der Waals surface area contributed by atoms with Gasteiger partial charge in [-0.2, -0.15) is 0 Å². The van der Waals surface area contributed by atoms with E-state index in [4.69, 9.17) is 17.3 Å². The zero-order valence-corrected chi connectivity index (χ0v) is 11.1. The molecule has 3 rings (SSSR count). The summed E-state index contributed by atoms with van der Waals surface area (Å²) in [6, 6.07) is 5.76. The standard InChI is InChI=1S/C14H17ClN2O/c1-8-4-11(2-3-12(8)15)17-13(18)14-6-9(14)5-10(16)7-14/h2-4,9-10H,5-7,16H2,1H3,(H,17,18)/t9-,10+,14+/m1/s1. The quantitative estimate of drug-likeness (QED) is 0.863. The SMILES string of the molecule is Cc1cc(NC(=O)[C@@]23C[C@@H](N)C[C@@H]2C3)ccc1Cl. The molecule has 18 heavy (non-hydrogen) atoms. The third-order valence-electron chi connectivity index (χ3n) is 4.31. The number of aryl methyl sites for hydroxylation is 1. The van der Waals surface area contributed by atoms with Gasteiger partial charge in [0.25, 0.3) is 0 Å². The van der Waals surface area contributed by atoms with Gasteiger partial charge in [-0.05, 0) is 55.9 Å². The molecule has 1 aromatic carbocycles. The molecule has 2 fully saturated rings. The Morgan fingerprint density at radius 3 is 2.89 bits per heavy atom. The van der Waals surface area contributed by atoms with E-state index in [1.54, 1.807) is 0 Å². The van der Waals surface area contributed by atoms with Crippen molar-refractivity contribution in [3.63, 3.8) is 0 Å². The van der Waals surface area contributed by atoms with Crippen molar-refractivity contribution in [1.82, 2.24) is 0 Å². The van der Waals surface area contributed by atoms with Crippen LogP contribution >= 0.6 is 11.6 Å². The van der Waals surface area contributed by atoms with Gasteiger partial charge in [-0.25, -0.2) is 0 Å². The van der Waals surface area contributed by atoms with Crippen molar-refractivity contribution in [3.8, 4) is 0 Å². The number of nitrogens with one attached hydrogen (secondary N) is 1. The Morgan fingerprint density at radius 1 is 1.50 bits per heavy atom. The van der Waals surface area contributed by atoms with E-state index in [0.717, 1.165) is 35.5 Å². The number of anilines is 1. The van der Waals surface area contributed by atoms with Gasteiger partial charge in [-0.3, -0.25) is 4.79 Å². The number of halogens is 1. The lowest BCUT2D eigenvalue weighted by Gasteiger charge is -2.14. The lowest BCUT2D eigenvalue weighted by Crippen LogP contribution is -2.27. The van der Waals surface area contributed by atoms with Crippen molar-refractivity contribution in [2.75, 3.05) is 5.32 Å². The minimum absolute atomic E-state index is 0.127. The van der Waals surface area contributed by atoms with Crippen molar-refractivity contribution in [2.45, 2.75) is 32.2 Å². The molecule has 1 amide bonds. The maximum atomic E-state index is 12.3. The van der Waals surface area contributed by atoms with Gasteiger partial charge < -0.3 is 11.1 Å². The number of amides is 1. The van der Waals surface area contributed by atoms with Gasteiger partial charge in [-0.15, -0.1) is 0 Å². The van der Waals surface area contributed by atoms with Gasteiger partial charge in [0.2, 0.25) is 5.91 Å². The average Bonchev–Trinajstić information content (AvgIpc) is 2.88.